The monoisotopic (exact) mass is 399 g/mol. The molecule has 0 spiro atoms. The molecule has 2 amide bonds. The molecule has 2 N–H and O–H groups in total. The van der Waals surface area contributed by atoms with Crippen molar-refractivity contribution in [3.05, 3.63) is 65.7 Å². The molecule has 3 aromatic rings. The summed E-state index contributed by atoms with van der Waals surface area (Å²) in [5.41, 5.74) is 1.20. The van der Waals surface area contributed by atoms with E-state index in [1.165, 1.54) is 23.1 Å². The molecular weight excluding hydrogens is 382 g/mol. The van der Waals surface area contributed by atoms with Gasteiger partial charge in [0.05, 0.1) is 12.9 Å². The van der Waals surface area contributed by atoms with Gasteiger partial charge in [-0.3, -0.25) is 9.59 Å². The molecule has 0 bridgehead atoms. The molecule has 0 unspecified atom stereocenters. The lowest BCUT2D eigenvalue weighted by atomic mass is 10.2. The van der Waals surface area contributed by atoms with Crippen LogP contribution in [-0.4, -0.2) is 29.7 Å². The largest absolute Gasteiger partial charge is 0.497 e. The number of aromatic nitrogens is 1. The van der Waals surface area contributed by atoms with Gasteiger partial charge in [-0.25, -0.2) is 4.98 Å². The molecule has 138 valence electrons. The highest BCUT2D eigenvalue weighted by atomic mass is 32.2. The number of methoxy groups -OCH3 is 1. The highest BCUT2D eigenvalue weighted by Crippen LogP contribution is 2.22. The van der Waals surface area contributed by atoms with Crippen molar-refractivity contribution in [2.24, 2.45) is 0 Å². The molecule has 8 heteroatoms. The predicted octanol–water partition coefficient (Wildman–Crippen LogP) is 4.13. The lowest BCUT2D eigenvalue weighted by Gasteiger charge is -2.08. The summed E-state index contributed by atoms with van der Waals surface area (Å²) in [6.45, 7) is 0. The van der Waals surface area contributed by atoms with Crippen molar-refractivity contribution < 1.29 is 14.3 Å². The Morgan fingerprint density at radius 2 is 1.96 bits per heavy atom. The Kier molecular flexibility index (Phi) is 6.45. The maximum atomic E-state index is 12.3. The number of carbonyl (C=O) groups is 2. The van der Waals surface area contributed by atoms with Crippen LogP contribution in [0.25, 0.3) is 0 Å². The Morgan fingerprint density at radius 3 is 2.67 bits per heavy atom. The van der Waals surface area contributed by atoms with Crippen LogP contribution in [0.3, 0.4) is 0 Å². The second-order valence-electron chi connectivity index (χ2n) is 5.38. The highest BCUT2D eigenvalue weighted by molar-refractivity contribution is 8.00. The van der Waals surface area contributed by atoms with Crippen LogP contribution in [0.15, 0.2) is 65.0 Å². The first-order valence-corrected chi connectivity index (χ1v) is 9.88. The molecule has 0 fully saturated rings. The third-order valence-electron chi connectivity index (χ3n) is 3.49. The summed E-state index contributed by atoms with van der Waals surface area (Å²) in [4.78, 5) is 29.1. The Balaban J connectivity index is 1.52. The normalized spacial score (nSPS) is 10.3. The van der Waals surface area contributed by atoms with Crippen molar-refractivity contribution >= 4 is 45.7 Å². The summed E-state index contributed by atoms with van der Waals surface area (Å²) in [7, 11) is 1.56. The van der Waals surface area contributed by atoms with Gasteiger partial charge in [0.25, 0.3) is 5.91 Å². The van der Waals surface area contributed by atoms with E-state index in [1.54, 1.807) is 55.1 Å². The van der Waals surface area contributed by atoms with Gasteiger partial charge in [0.15, 0.2) is 5.13 Å². The van der Waals surface area contributed by atoms with E-state index in [2.05, 4.69) is 15.6 Å². The molecule has 0 aliphatic heterocycles. The molecular formula is C19H17N3O3S2. The zero-order chi connectivity index (χ0) is 19.1. The number of carbonyl (C=O) groups excluding carboxylic acids is 2. The minimum Gasteiger partial charge on any atom is -0.497 e. The van der Waals surface area contributed by atoms with E-state index in [4.69, 9.17) is 4.74 Å². The van der Waals surface area contributed by atoms with E-state index in [0.717, 1.165) is 4.90 Å². The summed E-state index contributed by atoms with van der Waals surface area (Å²) in [6.07, 6.45) is 1.64. The summed E-state index contributed by atoms with van der Waals surface area (Å²) in [6, 6.07) is 14.3. The smallest absolute Gasteiger partial charge is 0.255 e. The van der Waals surface area contributed by atoms with E-state index in [1.807, 2.05) is 12.1 Å². The van der Waals surface area contributed by atoms with Gasteiger partial charge in [-0.1, -0.05) is 6.07 Å². The lowest BCUT2D eigenvalue weighted by molar-refractivity contribution is -0.113. The van der Waals surface area contributed by atoms with Gasteiger partial charge in [-0.05, 0) is 42.5 Å². The van der Waals surface area contributed by atoms with Crippen LogP contribution in [0.1, 0.15) is 10.4 Å². The van der Waals surface area contributed by atoms with Crippen LogP contribution in [0.5, 0.6) is 5.75 Å². The average Bonchev–Trinajstić information content (AvgIpc) is 3.20. The maximum Gasteiger partial charge on any atom is 0.255 e. The molecule has 2 aromatic carbocycles. The highest BCUT2D eigenvalue weighted by Gasteiger charge is 2.08. The zero-order valence-electron chi connectivity index (χ0n) is 14.5. The van der Waals surface area contributed by atoms with E-state index in [0.29, 0.717) is 22.1 Å². The lowest BCUT2D eigenvalue weighted by Crippen LogP contribution is -2.13. The fourth-order valence-corrected chi connectivity index (χ4v) is 3.44. The number of benzene rings is 2. The molecule has 0 atom stereocenters. The van der Waals surface area contributed by atoms with Crippen LogP contribution >= 0.6 is 23.1 Å². The van der Waals surface area contributed by atoms with Gasteiger partial charge in [0.1, 0.15) is 5.75 Å². The fraction of sp³-hybridized carbons (Fsp3) is 0.105. The number of nitrogens with zero attached hydrogens (tertiary/aromatic N) is 1. The predicted molar refractivity (Wildman–Crippen MR) is 109 cm³/mol. The number of hydrogen-bond donors (Lipinski definition) is 2. The number of ether oxygens (including phenoxy) is 1. The number of hydrogen-bond acceptors (Lipinski definition) is 6. The topological polar surface area (TPSA) is 80.3 Å². The van der Waals surface area contributed by atoms with Gasteiger partial charge < -0.3 is 15.4 Å². The van der Waals surface area contributed by atoms with Crippen molar-refractivity contribution in [1.29, 1.82) is 0 Å². The molecule has 1 aromatic heterocycles. The van der Waals surface area contributed by atoms with Crippen LogP contribution < -0.4 is 15.4 Å². The van der Waals surface area contributed by atoms with Crippen molar-refractivity contribution in [3.63, 3.8) is 0 Å². The molecule has 1 heterocycles. The number of thiazole rings is 1. The third kappa shape index (κ3) is 5.57. The SMILES string of the molecule is COc1cccc(C(=O)Nc2ccc(SCC(=O)Nc3nccs3)cc2)c1. The maximum absolute atomic E-state index is 12.3. The van der Waals surface area contributed by atoms with E-state index in [-0.39, 0.29) is 17.6 Å². The summed E-state index contributed by atoms with van der Waals surface area (Å²) in [5.74, 6) is 0.600. The minimum absolute atomic E-state index is 0.106. The van der Waals surface area contributed by atoms with E-state index < -0.39 is 0 Å². The fourth-order valence-electron chi connectivity index (χ4n) is 2.19. The molecule has 0 radical (unpaired) electrons. The summed E-state index contributed by atoms with van der Waals surface area (Å²) < 4.78 is 5.13. The Labute approximate surface area is 165 Å². The van der Waals surface area contributed by atoms with Gasteiger partial charge in [-0.2, -0.15) is 0 Å². The molecule has 0 aliphatic rings. The second kappa shape index (κ2) is 9.20. The van der Waals surface area contributed by atoms with Crippen molar-refractivity contribution in [2.45, 2.75) is 4.90 Å². The van der Waals surface area contributed by atoms with E-state index >= 15 is 0 Å². The Morgan fingerprint density at radius 1 is 1.15 bits per heavy atom. The molecule has 27 heavy (non-hydrogen) atoms. The molecule has 0 saturated carbocycles. The Hall–Kier alpha value is -2.84. The van der Waals surface area contributed by atoms with Crippen molar-refractivity contribution in [3.8, 4) is 5.75 Å². The van der Waals surface area contributed by atoms with Gasteiger partial charge in [-0.15, -0.1) is 23.1 Å². The number of rotatable bonds is 7. The van der Waals surface area contributed by atoms with Gasteiger partial charge in [0.2, 0.25) is 5.91 Å². The molecule has 0 aliphatic carbocycles. The van der Waals surface area contributed by atoms with Gasteiger partial charge in [0, 0.05) is 27.7 Å². The average molecular weight is 399 g/mol. The van der Waals surface area contributed by atoms with Crippen molar-refractivity contribution in [1.82, 2.24) is 4.98 Å². The van der Waals surface area contributed by atoms with E-state index in [9.17, 15) is 9.59 Å². The first-order chi connectivity index (χ1) is 13.1. The van der Waals surface area contributed by atoms with Gasteiger partial charge >= 0.3 is 0 Å². The van der Waals surface area contributed by atoms with Crippen LogP contribution in [0.4, 0.5) is 10.8 Å². The Bertz CT molecular complexity index is 912. The number of nitrogens with one attached hydrogen (secondary N) is 2. The van der Waals surface area contributed by atoms with Crippen LogP contribution in [0.2, 0.25) is 0 Å². The standard InChI is InChI=1S/C19H17N3O3S2/c1-25-15-4-2-3-13(11-15)18(24)21-14-5-7-16(8-6-14)27-12-17(23)22-19-20-9-10-26-19/h2-11H,12H2,1H3,(H,21,24)(H,20,22,23). The molecule has 6 nitrogen and oxygen atoms in total. The van der Waals surface area contributed by atoms with Crippen LogP contribution in [0, 0.1) is 0 Å². The summed E-state index contributed by atoms with van der Waals surface area (Å²) >= 11 is 2.80. The molecule has 3 rings (SSSR count). The first-order valence-electron chi connectivity index (χ1n) is 8.01. The first kappa shape index (κ1) is 18.9. The molecule has 0 saturated heterocycles. The zero-order valence-corrected chi connectivity index (χ0v) is 16.1. The number of thioether (sulfide) groups is 1. The number of amides is 2. The minimum atomic E-state index is -0.211. The quantitative estimate of drug-likeness (QED) is 0.584. The van der Waals surface area contributed by atoms with Crippen molar-refractivity contribution in [2.75, 3.05) is 23.5 Å². The summed E-state index contributed by atoms with van der Waals surface area (Å²) in [5, 5.41) is 7.98. The van der Waals surface area contributed by atoms with Crippen LogP contribution in [-0.2, 0) is 4.79 Å². The second-order valence-corrected chi connectivity index (χ2v) is 7.33. The third-order valence-corrected chi connectivity index (χ3v) is 5.19. The number of anilines is 2.